The number of benzene rings is 2. The Morgan fingerprint density at radius 1 is 0.968 bits per heavy atom. The molecule has 3 aromatic rings. The fourth-order valence-electron chi connectivity index (χ4n) is 3.54. The van der Waals surface area contributed by atoms with Gasteiger partial charge in [0, 0.05) is 10.6 Å². The van der Waals surface area contributed by atoms with Gasteiger partial charge in [0.1, 0.15) is 11.4 Å². The van der Waals surface area contributed by atoms with Crippen LogP contribution in [-0.4, -0.2) is 18.9 Å². The van der Waals surface area contributed by atoms with Crippen molar-refractivity contribution in [3.05, 3.63) is 82.2 Å². The van der Waals surface area contributed by atoms with Crippen molar-refractivity contribution in [1.29, 1.82) is 0 Å². The molecule has 0 atom stereocenters. The molecule has 0 spiro atoms. The summed E-state index contributed by atoms with van der Waals surface area (Å²) >= 11 is 1.44. The number of carbonyl (C=O) groups excluding carboxylic acids is 2. The molecule has 0 bridgehead atoms. The summed E-state index contributed by atoms with van der Waals surface area (Å²) < 4.78 is 5.20. The molecular weight excluding hydrogens is 408 g/mol. The van der Waals surface area contributed by atoms with E-state index in [4.69, 9.17) is 4.74 Å². The molecule has 2 amide bonds. The Morgan fingerprint density at radius 3 is 2.32 bits per heavy atom. The summed E-state index contributed by atoms with van der Waals surface area (Å²) in [5.41, 5.74) is 3.17. The van der Waals surface area contributed by atoms with Gasteiger partial charge >= 0.3 is 0 Å². The number of nitrogens with one attached hydrogen (secondary N) is 1. The molecule has 0 fully saturated rings. The second-order valence-electron chi connectivity index (χ2n) is 7.30. The van der Waals surface area contributed by atoms with Crippen LogP contribution in [0, 0.1) is 0 Å². The second-order valence-corrected chi connectivity index (χ2v) is 8.24. The van der Waals surface area contributed by atoms with E-state index in [1.165, 1.54) is 21.8 Å². The van der Waals surface area contributed by atoms with Gasteiger partial charge in [0.25, 0.3) is 11.8 Å². The molecule has 6 heteroatoms. The Morgan fingerprint density at radius 2 is 1.71 bits per heavy atom. The maximum Gasteiger partial charge on any atom is 0.282 e. The van der Waals surface area contributed by atoms with Gasteiger partial charge in [0.2, 0.25) is 0 Å². The molecule has 0 aliphatic carbocycles. The summed E-state index contributed by atoms with van der Waals surface area (Å²) in [6.45, 7) is 2.16. The maximum atomic E-state index is 13.4. The van der Waals surface area contributed by atoms with Crippen molar-refractivity contribution < 1.29 is 14.3 Å². The van der Waals surface area contributed by atoms with Crippen molar-refractivity contribution in [2.75, 3.05) is 17.3 Å². The van der Waals surface area contributed by atoms with E-state index < -0.39 is 0 Å². The molecule has 4 rings (SSSR count). The Hall–Kier alpha value is -3.38. The van der Waals surface area contributed by atoms with Gasteiger partial charge in [-0.1, -0.05) is 31.5 Å². The molecule has 0 unspecified atom stereocenters. The smallest absolute Gasteiger partial charge is 0.282 e. The number of amides is 2. The van der Waals surface area contributed by atoms with Crippen LogP contribution in [0.4, 0.5) is 11.4 Å². The first kappa shape index (κ1) is 20.9. The van der Waals surface area contributed by atoms with Crippen LogP contribution in [0.3, 0.4) is 0 Å². The molecule has 158 valence electrons. The van der Waals surface area contributed by atoms with Gasteiger partial charge in [-0.3, -0.25) is 9.59 Å². The van der Waals surface area contributed by atoms with Gasteiger partial charge in [-0.15, -0.1) is 11.3 Å². The number of imide groups is 1. The lowest BCUT2D eigenvalue weighted by Crippen LogP contribution is -2.32. The van der Waals surface area contributed by atoms with E-state index in [0.717, 1.165) is 29.9 Å². The molecule has 2 heterocycles. The molecule has 1 aliphatic heterocycles. The highest BCUT2D eigenvalue weighted by molar-refractivity contribution is 7.11. The van der Waals surface area contributed by atoms with E-state index in [1.807, 2.05) is 66.0 Å². The Labute approximate surface area is 186 Å². The van der Waals surface area contributed by atoms with Crippen molar-refractivity contribution in [3.63, 3.8) is 0 Å². The molecule has 0 saturated carbocycles. The average molecular weight is 433 g/mol. The highest BCUT2D eigenvalue weighted by Gasteiger charge is 2.40. The number of hydrogen-bond acceptors (Lipinski definition) is 5. The number of rotatable bonds is 8. The third kappa shape index (κ3) is 4.25. The maximum absolute atomic E-state index is 13.4. The van der Waals surface area contributed by atoms with E-state index in [2.05, 4.69) is 12.2 Å². The number of aryl methyl sites for hydroxylation is 1. The highest BCUT2D eigenvalue weighted by atomic mass is 32.1. The molecule has 5 nitrogen and oxygen atoms in total. The first-order valence-electron chi connectivity index (χ1n) is 10.3. The average Bonchev–Trinajstić information content (AvgIpc) is 3.40. The van der Waals surface area contributed by atoms with Gasteiger partial charge in [0.05, 0.1) is 18.4 Å². The molecule has 0 saturated heterocycles. The van der Waals surface area contributed by atoms with Crippen LogP contribution in [0.1, 0.15) is 30.2 Å². The molecule has 1 N–H and O–H groups in total. The predicted molar refractivity (Wildman–Crippen MR) is 125 cm³/mol. The summed E-state index contributed by atoms with van der Waals surface area (Å²) in [4.78, 5) is 28.8. The Kier molecular flexibility index (Phi) is 6.18. The lowest BCUT2D eigenvalue weighted by atomic mass is 10.1. The van der Waals surface area contributed by atoms with Gasteiger partial charge < -0.3 is 10.1 Å². The van der Waals surface area contributed by atoms with E-state index >= 15 is 0 Å². The number of nitrogens with zero attached hydrogens (tertiary/aromatic N) is 1. The zero-order chi connectivity index (χ0) is 21.8. The normalized spacial score (nSPS) is 13.8. The van der Waals surface area contributed by atoms with Crippen molar-refractivity contribution in [2.45, 2.75) is 26.2 Å². The van der Waals surface area contributed by atoms with Crippen molar-refractivity contribution in [2.24, 2.45) is 0 Å². The molecule has 1 aromatic heterocycles. The first-order chi connectivity index (χ1) is 15.1. The lowest BCUT2D eigenvalue weighted by molar-refractivity contribution is -0.120. The monoisotopic (exact) mass is 432 g/mol. The Bertz CT molecular complexity index is 1100. The van der Waals surface area contributed by atoms with Crippen LogP contribution in [0.25, 0.3) is 5.57 Å². The zero-order valence-corrected chi connectivity index (χ0v) is 18.4. The number of methoxy groups -OCH3 is 1. The number of carbonyl (C=O) groups is 2. The molecule has 2 aromatic carbocycles. The third-order valence-electron chi connectivity index (χ3n) is 5.22. The topological polar surface area (TPSA) is 58.6 Å². The first-order valence-corrected chi connectivity index (χ1v) is 11.2. The largest absolute Gasteiger partial charge is 0.497 e. The van der Waals surface area contributed by atoms with E-state index in [9.17, 15) is 9.59 Å². The molecular formula is C25H24N2O3S. The summed E-state index contributed by atoms with van der Waals surface area (Å²) in [5.74, 6) is 0.0481. The van der Waals surface area contributed by atoms with Gasteiger partial charge in [-0.2, -0.15) is 0 Å². The quantitative estimate of drug-likeness (QED) is 0.478. The SMILES string of the molecule is CCCCc1ccc(N2C(=O)C(Nc3ccc(OC)cc3)=C(c3cccs3)C2=O)cc1. The number of hydrogen-bond donors (Lipinski definition) is 1. The van der Waals surface area contributed by atoms with E-state index in [-0.39, 0.29) is 17.5 Å². The lowest BCUT2D eigenvalue weighted by Gasteiger charge is -2.16. The summed E-state index contributed by atoms with van der Waals surface area (Å²) in [6.07, 6.45) is 3.22. The number of anilines is 2. The number of unbranched alkanes of at least 4 members (excludes halogenated alkanes) is 1. The molecule has 31 heavy (non-hydrogen) atoms. The van der Waals surface area contributed by atoms with Gasteiger partial charge in [-0.05, 0) is 66.2 Å². The number of thiophene rings is 1. The van der Waals surface area contributed by atoms with Crippen LogP contribution in [0.5, 0.6) is 5.75 Å². The van der Waals surface area contributed by atoms with Crippen molar-refractivity contribution >= 4 is 40.1 Å². The molecule has 0 radical (unpaired) electrons. The predicted octanol–water partition coefficient (Wildman–Crippen LogP) is 5.50. The minimum atomic E-state index is -0.356. The molecule has 1 aliphatic rings. The highest BCUT2D eigenvalue weighted by Crippen LogP contribution is 2.35. The minimum absolute atomic E-state index is 0.285. The Balaban J connectivity index is 1.67. The van der Waals surface area contributed by atoms with Gasteiger partial charge in [0.15, 0.2) is 0 Å². The van der Waals surface area contributed by atoms with Gasteiger partial charge in [-0.25, -0.2) is 4.90 Å². The fraction of sp³-hybridized carbons (Fsp3) is 0.200. The number of ether oxygens (including phenoxy) is 1. The summed E-state index contributed by atoms with van der Waals surface area (Å²) in [7, 11) is 1.60. The summed E-state index contributed by atoms with van der Waals surface area (Å²) in [5, 5.41) is 5.07. The van der Waals surface area contributed by atoms with E-state index in [0.29, 0.717) is 16.9 Å². The van der Waals surface area contributed by atoms with E-state index in [1.54, 1.807) is 7.11 Å². The van der Waals surface area contributed by atoms with Crippen molar-refractivity contribution in [1.82, 2.24) is 0 Å². The van der Waals surface area contributed by atoms with Crippen LogP contribution >= 0.6 is 11.3 Å². The standard InChI is InChI=1S/C25H24N2O3S/c1-3-4-6-17-8-12-19(13-9-17)27-24(28)22(21-7-5-16-31-21)23(25(27)29)26-18-10-14-20(30-2)15-11-18/h5,7-16,26H,3-4,6H2,1-2H3. The second kappa shape index (κ2) is 9.18. The van der Waals surface area contributed by atoms with Crippen molar-refractivity contribution in [3.8, 4) is 5.75 Å². The van der Waals surface area contributed by atoms with Crippen LogP contribution in [0.2, 0.25) is 0 Å². The van der Waals surface area contributed by atoms with Crippen LogP contribution in [0.15, 0.2) is 71.7 Å². The fourth-order valence-corrected chi connectivity index (χ4v) is 4.31. The van der Waals surface area contributed by atoms with Crippen LogP contribution < -0.4 is 15.0 Å². The third-order valence-corrected chi connectivity index (χ3v) is 6.11. The zero-order valence-electron chi connectivity index (χ0n) is 17.6. The van der Waals surface area contributed by atoms with Crippen LogP contribution in [-0.2, 0) is 16.0 Å². The minimum Gasteiger partial charge on any atom is -0.497 e. The summed E-state index contributed by atoms with van der Waals surface area (Å²) in [6, 6.07) is 18.7.